The van der Waals surface area contributed by atoms with Gasteiger partial charge in [-0.2, -0.15) is 0 Å². The minimum absolute atomic E-state index is 0.140. The number of hydrogen-bond donors (Lipinski definition) is 1. The lowest BCUT2D eigenvalue weighted by molar-refractivity contribution is -0.161. The van der Waals surface area contributed by atoms with Crippen LogP contribution in [0.15, 0.2) is 30.3 Å². The molecule has 0 saturated heterocycles. The van der Waals surface area contributed by atoms with Crippen LogP contribution in [0.25, 0.3) is 0 Å². The number of carbonyl (C=O) groups is 2. The lowest BCUT2D eigenvalue weighted by Crippen LogP contribution is -2.55. The highest BCUT2D eigenvalue weighted by molar-refractivity contribution is 5.75. The zero-order valence-electron chi connectivity index (χ0n) is 13.0. The summed E-state index contributed by atoms with van der Waals surface area (Å²) >= 11 is 0. The molecule has 5 heteroatoms. The van der Waals surface area contributed by atoms with Crippen LogP contribution in [0, 0.1) is 0 Å². The molecule has 0 aliphatic rings. The molecular formula is C16H23NO4. The van der Waals surface area contributed by atoms with Gasteiger partial charge in [-0.25, -0.2) is 4.79 Å². The van der Waals surface area contributed by atoms with Gasteiger partial charge < -0.3 is 9.47 Å². The number of aldehydes is 1. The number of carbonyl (C=O) groups excluding carboxylic acids is 2. The normalized spacial score (nSPS) is 14.1. The molecule has 1 amide bonds. The zero-order chi connectivity index (χ0) is 15.9. The number of nitrogens with one attached hydrogen (secondary N) is 1. The molecular weight excluding hydrogens is 270 g/mol. The summed E-state index contributed by atoms with van der Waals surface area (Å²) in [5, 5.41) is 2.51. The van der Waals surface area contributed by atoms with E-state index in [1.165, 1.54) is 0 Å². The molecule has 0 fully saturated rings. The summed E-state index contributed by atoms with van der Waals surface area (Å²) in [6.07, 6.45) is 0.230. The molecule has 1 aromatic rings. The van der Waals surface area contributed by atoms with Gasteiger partial charge in [-0.05, 0) is 32.8 Å². The van der Waals surface area contributed by atoms with Crippen molar-refractivity contribution in [3.8, 4) is 0 Å². The molecule has 0 heterocycles. The fraction of sp³-hybridized carbons (Fsp3) is 0.500. The molecule has 116 valence electrons. The molecule has 0 bridgehead atoms. The third kappa shape index (κ3) is 5.95. The first-order valence-electron chi connectivity index (χ1n) is 6.95. The van der Waals surface area contributed by atoms with Crippen molar-refractivity contribution in [2.75, 3.05) is 0 Å². The summed E-state index contributed by atoms with van der Waals surface area (Å²) in [7, 11) is 0. The highest BCUT2D eigenvalue weighted by atomic mass is 16.6. The number of ether oxygens (including phenoxy) is 2. The third-order valence-corrected chi connectivity index (χ3v) is 2.73. The molecule has 0 aliphatic heterocycles. The van der Waals surface area contributed by atoms with Gasteiger partial charge in [-0.3, -0.25) is 10.1 Å². The molecule has 0 spiro atoms. The van der Waals surface area contributed by atoms with Crippen molar-refractivity contribution in [3.05, 3.63) is 35.9 Å². The second-order valence-electron chi connectivity index (χ2n) is 5.76. The standard InChI is InChI=1S/C16H23NO4/c1-5-16(12-18,21-15(2,3)4)17-14(19)20-11-13-9-7-6-8-10-13/h6-10,12H,5,11H2,1-4H3,(H,17,19). The lowest BCUT2D eigenvalue weighted by Gasteiger charge is -2.34. The molecule has 1 aromatic carbocycles. The molecule has 1 rings (SSSR count). The maximum atomic E-state index is 11.9. The SMILES string of the molecule is CCC(C=O)(NC(=O)OCc1ccccc1)OC(C)(C)C. The van der Waals surface area contributed by atoms with E-state index in [1.807, 2.05) is 51.1 Å². The molecule has 0 aromatic heterocycles. The smallest absolute Gasteiger partial charge is 0.410 e. The Kier molecular flexibility index (Phi) is 5.90. The minimum Gasteiger partial charge on any atom is -0.445 e. The van der Waals surface area contributed by atoms with Crippen LogP contribution in [-0.2, 0) is 20.9 Å². The van der Waals surface area contributed by atoms with Crippen LogP contribution in [0.2, 0.25) is 0 Å². The van der Waals surface area contributed by atoms with Gasteiger partial charge in [0.25, 0.3) is 0 Å². The van der Waals surface area contributed by atoms with E-state index in [0.717, 1.165) is 5.56 Å². The van der Waals surface area contributed by atoms with E-state index in [1.54, 1.807) is 6.92 Å². The van der Waals surface area contributed by atoms with Crippen LogP contribution in [0.5, 0.6) is 0 Å². The Morgan fingerprint density at radius 2 is 1.86 bits per heavy atom. The Hall–Kier alpha value is -1.88. The number of hydrogen-bond acceptors (Lipinski definition) is 4. The highest BCUT2D eigenvalue weighted by Gasteiger charge is 2.35. The summed E-state index contributed by atoms with van der Waals surface area (Å²) in [5.74, 6) is 0. The van der Waals surface area contributed by atoms with Crippen molar-refractivity contribution in [1.29, 1.82) is 0 Å². The van der Waals surface area contributed by atoms with Gasteiger partial charge in [-0.15, -0.1) is 0 Å². The fourth-order valence-electron chi connectivity index (χ4n) is 1.80. The monoisotopic (exact) mass is 293 g/mol. The second-order valence-corrected chi connectivity index (χ2v) is 5.76. The van der Waals surface area contributed by atoms with Crippen LogP contribution < -0.4 is 5.32 Å². The average Bonchev–Trinajstić information content (AvgIpc) is 2.44. The predicted octanol–water partition coefficient (Wildman–Crippen LogP) is 3.03. The Morgan fingerprint density at radius 3 is 2.33 bits per heavy atom. The van der Waals surface area contributed by atoms with Crippen LogP contribution in [0.3, 0.4) is 0 Å². The summed E-state index contributed by atoms with van der Waals surface area (Å²) in [5.41, 5.74) is -1.06. The van der Waals surface area contributed by atoms with E-state index in [2.05, 4.69) is 5.32 Å². The van der Waals surface area contributed by atoms with Gasteiger partial charge in [0, 0.05) is 0 Å². The largest absolute Gasteiger partial charge is 0.445 e. The highest BCUT2D eigenvalue weighted by Crippen LogP contribution is 2.19. The van der Waals surface area contributed by atoms with Crippen LogP contribution >= 0.6 is 0 Å². The van der Waals surface area contributed by atoms with E-state index in [4.69, 9.17) is 9.47 Å². The lowest BCUT2D eigenvalue weighted by atomic mass is 10.1. The average molecular weight is 293 g/mol. The van der Waals surface area contributed by atoms with Crippen molar-refractivity contribution in [2.45, 2.75) is 52.0 Å². The number of rotatable bonds is 6. The van der Waals surface area contributed by atoms with Crippen molar-refractivity contribution in [2.24, 2.45) is 0 Å². The molecule has 0 radical (unpaired) electrons. The first-order chi connectivity index (χ1) is 9.80. The van der Waals surface area contributed by atoms with E-state index >= 15 is 0 Å². The van der Waals surface area contributed by atoms with Crippen LogP contribution in [0.4, 0.5) is 4.79 Å². The van der Waals surface area contributed by atoms with E-state index in [0.29, 0.717) is 12.7 Å². The van der Waals surface area contributed by atoms with Crippen molar-refractivity contribution < 1.29 is 19.1 Å². The molecule has 0 saturated carbocycles. The maximum absolute atomic E-state index is 11.9. The molecule has 0 aliphatic carbocycles. The molecule has 21 heavy (non-hydrogen) atoms. The third-order valence-electron chi connectivity index (χ3n) is 2.73. The van der Waals surface area contributed by atoms with E-state index < -0.39 is 17.4 Å². The van der Waals surface area contributed by atoms with Gasteiger partial charge in [0.1, 0.15) is 6.61 Å². The van der Waals surface area contributed by atoms with Crippen molar-refractivity contribution in [3.63, 3.8) is 0 Å². The van der Waals surface area contributed by atoms with Crippen LogP contribution in [-0.4, -0.2) is 23.7 Å². The Bertz CT molecular complexity index is 467. The Labute approximate surface area is 125 Å². The molecule has 5 nitrogen and oxygen atoms in total. The zero-order valence-corrected chi connectivity index (χ0v) is 13.0. The Morgan fingerprint density at radius 1 is 1.24 bits per heavy atom. The van der Waals surface area contributed by atoms with E-state index in [9.17, 15) is 9.59 Å². The minimum atomic E-state index is -1.37. The number of alkyl carbamates (subject to hydrolysis) is 1. The second kappa shape index (κ2) is 7.22. The summed E-state index contributed by atoms with van der Waals surface area (Å²) in [4.78, 5) is 23.2. The number of amides is 1. The van der Waals surface area contributed by atoms with Gasteiger partial charge in [-0.1, -0.05) is 37.3 Å². The maximum Gasteiger partial charge on any atom is 0.410 e. The Balaban J connectivity index is 2.62. The van der Waals surface area contributed by atoms with Crippen molar-refractivity contribution in [1.82, 2.24) is 5.32 Å². The van der Waals surface area contributed by atoms with Gasteiger partial charge in [0.05, 0.1) is 5.60 Å². The summed E-state index contributed by atoms with van der Waals surface area (Å²) in [6, 6.07) is 9.31. The van der Waals surface area contributed by atoms with E-state index in [-0.39, 0.29) is 6.61 Å². The fourth-order valence-corrected chi connectivity index (χ4v) is 1.80. The van der Waals surface area contributed by atoms with Gasteiger partial charge in [0.15, 0.2) is 12.0 Å². The number of benzene rings is 1. The topological polar surface area (TPSA) is 64.6 Å². The molecule has 1 atom stereocenters. The first kappa shape index (κ1) is 17.2. The molecule has 1 N–H and O–H groups in total. The summed E-state index contributed by atoms with van der Waals surface area (Å²) in [6.45, 7) is 7.35. The van der Waals surface area contributed by atoms with Gasteiger partial charge >= 0.3 is 6.09 Å². The first-order valence-corrected chi connectivity index (χ1v) is 6.95. The van der Waals surface area contributed by atoms with Crippen LogP contribution in [0.1, 0.15) is 39.7 Å². The summed E-state index contributed by atoms with van der Waals surface area (Å²) < 4.78 is 10.8. The van der Waals surface area contributed by atoms with Crippen molar-refractivity contribution >= 4 is 12.4 Å². The quantitative estimate of drug-likeness (QED) is 0.647. The predicted molar refractivity (Wildman–Crippen MR) is 79.7 cm³/mol. The molecule has 1 unspecified atom stereocenters. The van der Waals surface area contributed by atoms with Gasteiger partial charge in [0.2, 0.25) is 0 Å².